The summed E-state index contributed by atoms with van der Waals surface area (Å²) >= 11 is 1.40. The first-order valence-electron chi connectivity index (χ1n) is 7.37. The van der Waals surface area contributed by atoms with Crippen LogP contribution >= 0.6 is 23.7 Å². The number of nitrogens with one attached hydrogen (secondary N) is 1. The van der Waals surface area contributed by atoms with Gasteiger partial charge in [-0.1, -0.05) is 25.5 Å². The van der Waals surface area contributed by atoms with Gasteiger partial charge in [-0.25, -0.2) is 4.98 Å². The minimum atomic E-state index is -0.187. The quantitative estimate of drug-likeness (QED) is 0.713. The third-order valence-electron chi connectivity index (χ3n) is 3.08. The van der Waals surface area contributed by atoms with E-state index in [1.165, 1.54) is 11.3 Å². The van der Waals surface area contributed by atoms with Crippen molar-refractivity contribution in [1.82, 2.24) is 10.3 Å². The van der Waals surface area contributed by atoms with E-state index < -0.39 is 0 Å². The summed E-state index contributed by atoms with van der Waals surface area (Å²) in [4.78, 5) is 16.2. The van der Waals surface area contributed by atoms with Crippen LogP contribution in [-0.2, 0) is 13.1 Å². The number of carbonyl (C=O) groups is 1. The number of carbonyl (C=O) groups excluding carboxylic acids is 1. The third kappa shape index (κ3) is 6.17. The minimum absolute atomic E-state index is 0. The molecule has 0 spiro atoms. The molecule has 23 heavy (non-hydrogen) atoms. The van der Waals surface area contributed by atoms with Gasteiger partial charge < -0.3 is 15.8 Å². The first-order valence-corrected chi connectivity index (χ1v) is 8.25. The highest BCUT2D eigenvalue weighted by atomic mass is 35.5. The SMILES string of the molecule is CCCCOc1cccc(CNC(=O)c2csc(CN)n2)c1.Cl. The topological polar surface area (TPSA) is 77.2 Å². The number of nitrogens with two attached hydrogens (primary N) is 1. The molecule has 1 heterocycles. The monoisotopic (exact) mass is 355 g/mol. The summed E-state index contributed by atoms with van der Waals surface area (Å²) in [7, 11) is 0. The molecule has 0 atom stereocenters. The van der Waals surface area contributed by atoms with E-state index in [0.29, 0.717) is 25.4 Å². The highest BCUT2D eigenvalue weighted by Gasteiger charge is 2.09. The second-order valence-electron chi connectivity index (χ2n) is 4.86. The van der Waals surface area contributed by atoms with Gasteiger partial charge in [-0.2, -0.15) is 0 Å². The van der Waals surface area contributed by atoms with Gasteiger partial charge in [0.1, 0.15) is 16.5 Å². The van der Waals surface area contributed by atoms with Crippen LogP contribution in [0.3, 0.4) is 0 Å². The van der Waals surface area contributed by atoms with Gasteiger partial charge in [0.25, 0.3) is 5.91 Å². The van der Waals surface area contributed by atoms with E-state index in [0.717, 1.165) is 29.2 Å². The molecule has 1 amide bonds. The normalized spacial score (nSPS) is 10.0. The zero-order chi connectivity index (χ0) is 15.8. The van der Waals surface area contributed by atoms with E-state index in [-0.39, 0.29) is 18.3 Å². The number of hydrogen-bond acceptors (Lipinski definition) is 5. The third-order valence-corrected chi connectivity index (χ3v) is 3.95. The summed E-state index contributed by atoms with van der Waals surface area (Å²) in [6.45, 7) is 3.64. The molecule has 2 aromatic rings. The number of hydrogen-bond donors (Lipinski definition) is 2. The molecular formula is C16H22ClN3O2S. The summed E-state index contributed by atoms with van der Waals surface area (Å²) < 4.78 is 5.66. The molecule has 0 saturated heterocycles. The summed E-state index contributed by atoms with van der Waals surface area (Å²) in [5.41, 5.74) is 6.91. The maximum absolute atomic E-state index is 12.0. The number of thiazole rings is 1. The van der Waals surface area contributed by atoms with E-state index in [1.807, 2.05) is 24.3 Å². The van der Waals surface area contributed by atoms with E-state index in [9.17, 15) is 4.79 Å². The predicted molar refractivity (Wildman–Crippen MR) is 95.3 cm³/mol. The van der Waals surface area contributed by atoms with Crippen LogP contribution in [-0.4, -0.2) is 17.5 Å². The molecule has 0 saturated carbocycles. The average molecular weight is 356 g/mol. The number of amides is 1. The molecule has 1 aromatic carbocycles. The summed E-state index contributed by atoms with van der Waals surface area (Å²) in [6.07, 6.45) is 2.14. The molecule has 0 aliphatic rings. The maximum atomic E-state index is 12.0. The Balaban J connectivity index is 0.00000264. The summed E-state index contributed by atoms with van der Waals surface area (Å²) in [5.74, 6) is 0.646. The average Bonchev–Trinajstić information content (AvgIpc) is 3.02. The van der Waals surface area contributed by atoms with Crippen LogP contribution in [0.4, 0.5) is 0 Å². The van der Waals surface area contributed by atoms with E-state index in [4.69, 9.17) is 10.5 Å². The predicted octanol–water partition coefficient (Wildman–Crippen LogP) is 3.13. The molecule has 3 N–H and O–H groups in total. The van der Waals surface area contributed by atoms with Crippen molar-refractivity contribution >= 4 is 29.7 Å². The van der Waals surface area contributed by atoms with Crippen LogP contribution in [0, 0.1) is 0 Å². The fourth-order valence-corrected chi connectivity index (χ4v) is 2.52. The zero-order valence-electron chi connectivity index (χ0n) is 13.1. The Morgan fingerprint density at radius 3 is 2.96 bits per heavy atom. The molecule has 0 aliphatic heterocycles. The second-order valence-corrected chi connectivity index (χ2v) is 5.81. The largest absolute Gasteiger partial charge is 0.494 e. The van der Waals surface area contributed by atoms with Crippen LogP contribution in [0.2, 0.25) is 0 Å². The Labute approximate surface area is 146 Å². The number of aromatic nitrogens is 1. The van der Waals surface area contributed by atoms with Crippen molar-refractivity contribution < 1.29 is 9.53 Å². The lowest BCUT2D eigenvalue weighted by Gasteiger charge is -2.08. The zero-order valence-corrected chi connectivity index (χ0v) is 14.7. The molecule has 0 unspecified atom stereocenters. The van der Waals surface area contributed by atoms with Crippen LogP contribution in [0.5, 0.6) is 5.75 Å². The van der Waals surface area contributed by atoms with Gasteiger partial charge >= 0.3 is 0 Å². The Morgan fingerprint density at radius 1 is 1.43 bits per heavy atom. The van der Waals surface area contributed by atoms with Crippen LogP contribution in [0.15, 0.2) is 29.6 Å². The van der Waals surface area contributed by atoms with Crippen molar-refractivity contribution in [2.24, 2.45) is 5.73 Å². The van der Waals surface area contributed by atoms with Crippen molar-refractivity contribution in [2.75, 3.05) is 6.61 Å². The number of benzene rings is 1. The molecule has 0 fully saturated rings. The Bertz CT molecular complexity index is 619. The van der Waals surface area contributed by atoms with Crippen LogP contribution in [0.1, 0.15) is 40.8 Å². The van der Waals surface area contributed by atoms with Gasteiger partial charge in [0.15, 0.2) is 0 Å². The van der Waals surface area contributed by atoms with Crippen molar-refractivity contribution in [3.63, 3.8) is 0 Å². The standard InChI is InChI=1S/C16H21N3O2S.ClH/c1-2-3-7-21-13-6-4-5-12(8-13)10-18-16(20)14-11-22-15(9-17)19-14;/h4-6,8,11H,2-3,7,9-10,17H2,1H3,(H,18,20);1H. The fourth-order valence-electron chi connectivity index (χ4n) is 1.86. The smallest absolute Gasteiger partial charge is 0.271 e. The molecule has 1 aromatic heterocycles. The maximum Gasteiger partial charge on any atom is 0.271 e. The molecule has 5 nitrogen and oxygen atoms in total. The number of unbranched alkanes of at least 4 members (excludes halogenated alkanes) is 1. The van der Waals surface area contributed by atoms with Gasteiger partial charge in [0.2, 0.25) is 0 Å². The van der Waals surface area contributed by atoms with Gasteiger partial charge in [0.05, 0.1) is 6.61 Å². The lowest BCUT2D eigenvalue weighted by molar-refractivity contribution is 0.0946. The lowest BCUT2D eigenvalue weighted by atomic mass is 10.2. The Kier molecular flexibility index (Phi) is 8.61. The van der Waals surface area contributed by atoms with Gasteiger partial charge in [-0.05, 0) is 24.1 Å². The van der Waals surface area contributed by atoms with Crippen LogP contribution in [0.25, 0.3) is 0 Å². The molecule has 126 valence electrons. The molecule has 0 radical (unpaired) electrons. The number of halogens is 1. The molecular weight excluding hydrogens is 334 g/mol. The summed E-state index contributed by atoms with van der Waals surface area (Å²) in [5, 5.41) is 5.34. The molecule has 2 rings (SSSR count). The van der Waals surface area contributed by atoms with Gasteiger partial charge in [0, 0.05) is 18.5 Å². The summed E-state index contributed by atoms with van der Waals surface area (Å²) in [6, 6.07) is 7.76. The molecule has 7 heteroatoms. The Hall–Kier alpha value is -1.63. The van der Waals surface area contributed by atoms with Crippen molar-refractivity contribution in [1.29, 1.82) is 0 Å². The minimum Gasteiger partial charge on any atom is -0.494 e. The number of nitrogens with zero attached hydrogens (tertiary/aromatic N) is 1. The van der Waals surface area contributed by atoms with Crippen LogP contribution < -0.4 is 15.8 Å². The second kappa shape index (κ2) is 10.2. The number of rotatable bonds is 8. The van der Waals surface area contributed by atoms with E-state index in [1.54, 1.807) is 5.38 Å². The van der Waals surface area contributed by atoms with E-state index >= 15 is 0 Å². The molecule has 0 aliphatic carbocycles. The Morgan fingerprint density at radius 2 is 2.26 bits per heavy atom. The number of ether oxygens (including phenoxy) is 1. The first-order chi connectivity index (χ1) is 10.7. The molecule has 0 bridgehead atoms. The van der Waals surface area contributed by atoms with Crippen molar-refractivity contribution in [3.05, 3.63) is 45.9 Å². The van der Waals surface area contributed by atoms with Gasteiger partial charge in [-0.3, -0.25) is 4.79 Å². The highest BCUT2D eigenvalue weighted by molar-refractivity contribution is 7.09. The van der Waals surface area contributed by atoms with Gasteiger partial charge in [-0.15, -0.1) is 23.7 Å². The first kappa shape index (κ1) is 19.4. The van der Waals surface area contributed by atoms with Crippen molar-refractivity contribution in [3.8, 4) is 5.75 Å². The van der Waals surface area contributed by atoms with E-state index in [2.05, 4.69) is 17.2 Å². The lowest BCUT2D eigenvalue weighted by Crippen LogP contribution is -2.23. The van der Waals surface area contributed by atoms with Crippen molar-refractivity contribution in [2.45, 2.75) is 32.9 Å². The fraction of sp³-hybridized carbons (Fsp3) is 0.375. The highest BCUT2D eigenvalue weighted by Crippen LogP contribution is 2.14.